The van der Waals surface area contributed by atoms with Crippen LogP contribution in [0.3, 0.4) is 0 Å². The molecular formula is C13H15Cl2N3. The molecule has 0 saturated heterocycles. The van der Waals surface area contributed by atoms with Crippen LogP contribution < -0.4 is 5.73 Å². The molecule has 18 heavy (non-hydrogen) atoms. The van der Waals surface area contributed by atoms with E-state index in [0.29, 0.717) is 21.9 Å². The van der Waals surface area contributed by atoms with Crippen LogP contribution in [-0.4, -0.2) is 9.55 Å². The first kappa shape index (κ1) is 12.1. The van der Waals surface area contributed by atoms with Crippen LogP contribution in [0.15, 0.2) is 12.1 Å². The van der Waals surface area contributed by atoms with Crippen molar-refractivity contribution in [3.05, 3.63) is 22.2 Å². The summed E-state index contributed by atoms with van der Waals surface area (Å²) in [5.74, 6) is 2.00. The zero-order chi connectivity index (χ0) is 12.9. The van der Waals surface area contributed by atoms with Gasteiger partial charge >= 0.3 is 0 Å². The Morgan fingerprint density at radius 1 is 1.39 bits per heavy atom. The average molecular weight is 284 g/mol. The Balaban J connectivity index is 2.04. The largest absolute Gasteiger partial charge is 0.369 e. The number of nitrogens with two attached hydrogens (primary N) is 1. The van der Waals surface area contributed by atoms with Crippen molar-refractivity contribution in [1.29, 1.82) is 0 Å². The van der Waals surface area contributed by atoms with Crippen LogP contribution >= 0.6 is 23.2 Å². The number of rotatable bonds is 3. The second-order valence-corrected chi connectivity index (χ2v) is 5.96. The van der Waals surface area contributed by atoms with Crippen molar-refractivity contribution in [2.45, 2.75) is 26.3 Å². The first-order chi connectivity index (χ1) is 8.56. The molecule has 1 aromatic heterocycles. The second kappa shape index (κ2) is 4.32. The van der Waals surface area contributed by atoms with Gasteiger partial charge in [0.1, 0.15) is 0 Å². The van der Waals surface area contributed by atoms with Crippen molar-refractivity contribution < 1.29 is 0 Å². The van der Waals surface area contributed by atoms with Gasteiger partial charge < -0.3 is 10.3 Å². The molecular weight excluding hydrogens is 269 g/mol. The molecule has 0 amide bonds. The molecule has 1 aromatic carbocycles. The molecule has 3 rings (SSSR count). The predicted octanol–water partition coefficient (Wildman–Crippen LogP) is 3.97. The van der Waals surface area contributed by atoms with E-state index < -0.39 is 0 Å². The van der Waals surface area contributed by atoms with E-state index in [-0.39, 0.29) is 0 Å². The summed E-state index contributed by atoms with van der Waals surface area (Å²) in [5.41, 5.74) is 7.77. The van der Waals surface area contributed by atoms with Gasteiger partial charge in [0, 0.05) is 6.54 Å². The highest BCUT2D eigenvalue weighted by Gasteiger charge is 2.28. The van der Waals surface area contributed by atoms with E-state index in [0.717, 1.165) is 23.5 Å². The van der Waals surface area contributed by atoms with E-state index in [1.807, 2.05) is 10.6 Å². The predicted molar refractivity (Wildman–Crippen MR) is 76.1 cm³/mol. The minimum Gasteiger partial charge on any atom is -0.369 e. The zero-order valence-electron chi connectivity index (χ0n) is 10.2. The Morgan fingerprint density at radius 3 is 2.72 bits per heavy atom. The van der Waals surface area contributed by atoms with Gasteiger partial charge in [0.15, 0.2) is 0 Å². The van der Waals surface area contributed by atoms with Gasteiger partial charge in [-0.05, 0) is 36.8 Å². The van der Waals surface area contributed by atoms with E-state index in [1.54, 1.807) is 6.07 Å². The molecule has 1 saturated carbocycles. The molecule has 1 fully saturated rings. The first-order valence-electron chi connectivity index (χ1n) is 6.17. The smallest absolute Gasteiger partial charge is 0.201 e. The van der Waals surface area contributed by atoms with Crippen LogP contribution in [0.5, 0.6) is 0 Å². The first-order valence-corrected chi connectivity index (χ1v) is 6.92. The van der Waals surface area contributed by atoms with Crippen molar-refractivity contribution in [1.82, 2.24) is 9.55 Å². The van der Waals surface area contributed by atoms with Gasteiger partial charge in [-0.15, -0.1) is 0 Å². The van der Waals surface area contributed by atoms with Crippen LogP contribution in [0.1, 0.15) is 19.8 Å². The number of nitrogen functional groups attached to an aromatic ring is 1. The highest BCUT2D eigenvalue weighted by atomic mass is 35.5. The summed E-state index contributed by atoms with van der Waals surface area (Å²) in [6.45, 7) is 3.16. The summed E-state index contributed by atoms with van der Waals surface area (Å²) >= 11 is 12.1. The molecule has 2 N–H and O–H groups in total. The van der Waals surface area contributed by atoms with Gasteiger partial charge in [-0.3, -0.25) is 0 Å². The lowest BCUT2D eigenvalue weighted by Gasteiger charge is -2.13. The molecule has 1 aliphatic rings. The number of hydrogen-bond acceptors (Lipinski definition) is 2. The van der Waals surface area contributed by atoms with Crippen molar-refractivity contribution >= 4 is 40.2 Å². The Bertz CT molecular complexity index is 602. The van der Waals surface area contributed by atoms with Crippen LogP contribution in [0.2, 0.25) is 10.0 Å². The van der Waals surface area contributed by atoms with E-state index in [2.05, 4.69) is 11.9 Å². The molecule has 96 valence electrons. The third-order valence-electron chi connectivity index (χ3n) is 3.72. The van der Waals surface area contributed by atoms with Crippen LogP contribution in [-0.2, 0) is 6.54 Å². The monoisotopic (exact) mass is 283 g/mol. The maximum absolute atomic E-state index is 6.07. The minimum atomic E-state index is 0.518. The number of hydrogen-bond donors (Lipinski definition) is 1. The van der Waals surface area contributed by atoms with Gasteiger partial charge in [0.05, 0.1) is 21.1 Å². The number of anilines is 1. The van der Waals surface area contributed by atoms with Gasteiger partial charge in [-0.25, -0.2) is 4.98 Å². The van der Waals surface area contributed by atoms with Gasteiger partial charge in [0.2, 0.25) is 5.95 Å². The Hall–Kier alpha value is -0.930. The summed E-state index contributed by atoms with van der Waals surface area (Å²) in [7, 11) is 0. The lowest BCUT2D eigenvalue weighted by molar-refractivity contribution is 0.439. The minimum absolute atomic E-state index is 0.518. The highest BCUT2D eigenvalue weighted by Crippen LogP contribution is 2.38. The lowest BCUT2D eigenvalue weighted by Crippen LogP contribution is -2.11. The Labute approximate surface area is 116 Å². The molecule has 2 aromatic rings. The fourth-order valence-corrected chi connectivity index (χ4v) is 2.75. The van der Waals surface area contributed by atoms with Crippen LogP contribution in [0.25, 0.3) is 11.0 Å². The number of imidazole rings is 1. The lowest BCUT2D eigenvalue weighted by atomic mass is 10.1. The molecule has 1 aliphatic carbocycles. The molecule has 1 heterocycles. The summed E-state index contributed by atoms with van der Waals surface area (Å²) < 4.78 is 2.04. The fraction of sp³-hybridized carbons (Fsp3) is 0.462. The van der Waals surface area contributed by atoms with E-state index >= 15 is 0 Å². The quantitative estimate of drug-likeness (QED) is 0.926. The normalized spacial score (nSPS) is 17.3. The maximum atomic E-state index is 6.07. The summed E-state index contributed by atoms with van der Waals surface area (Å²) in [6, 6.07) is 3.62. The number of benzene rings is 1. The van der Waals surface area contributed by atoms with Gasteiger partial charge in [0.25, 0.3) is 0 Å². The number of nitrogens with zero attached hydrogens (tertiary/aromatic N) is 2. The topological polar surface area (TPSA) is 43.8 Å². The molecule has 0 bridgehead atoms. The standard InChI is InChI=1S/C13H15Cl2N3/c1-7(8-2-3-8)6-18-12-5-10(15)9(14)4-11(12)17-13(18)16/h4-5,7-8H,2-3,6H2,1H3,(H2,16,17). The number of aromatic nitrogens is 2. The van der Waals surface area contributed by atoms with Gasteiger partial charge in [-0.2, -0.15) is 0 Å². The Morgan fingerprint density at radius 2 is 2.06 bits per heavy atom. The summed E-state index contributed by atoms with van der Waals surface area (Å²) in [4.78, 5) is 4.35. The molecule has 0 spiro atoms. The van der Waals surface area contributed by atoms with Crippen LogP contribution in [0, 0.1) is 11.8 Å². The zero-order valence-corrected chi connectivity index (χ0v) is 11.7. The third-order valence-corrected chi connectivity index (χ3v) is 4.44. The number of fused-ring (bicyclic) bond motifs is 1. The van der Waals surface area contributed by atoms with E-state index in [4.69, 9.17) is 28.9 Å². The average Bonchev–Trinajstić information content (AvgIpc) is 3.10. The molecule has 0 radical (unpaired) electrons. The van der Waals surface area contributed by atoms with Crippen molar-refractivity contribution in [2.24, 2.45) is 11.8 Å². The number of halogens is 2. The molecule has 0 aliphatic heterocycles. The summed E-state index contributed by atoms with van der Waals surface area (Å²) in [6.07, 6.45) is 2.67. The van der Waals surface area contributed by atoms with E-state index in [9.17, 15) is 0 Å². The molecule has 1 unspecified atom stereocenters. The fourth-order valence-electron chi connectivity index (χ4n) is 2.43. The van der Waals surface area contributed by atoms with Gasteiger partial charge in [-0.1, -0.05) is 30.1 Å². The van der Waals surface area contributed by atoms with Crippen LogP contribution in [0.4, 0.5) is 5.95 Å². The maximum Gasteiger partial charge on any atom is 0.201 e. The molecule has 3 nitrogen and oxygen atoms in total. The second-order valence-electron chi connectivity index (χ2n) is 5.15. The van der Waals surface area contributed by atoms with E-state index in [1.165, 1.54) is 12.8 Å². The van der Waals surface area contributed by atoms with Crippen molar-refractivity contribution in [3.8, 4) is 0 Å². The SMILES string of the molecule is CC(Cn1c(N)nc2cc(Cl)c(Cl)cc21)C1CC1. The highest BCUT2D eigenvalue weighted by molar-refractivity contribution is 6.42. The molecule has 1 atom stereocenters. The summed E-state index contributed by atoms with van der Waals surface area (Å²) in [5, 5.41) is 1.06. The molecule has 5 heteroatoms. The third kappa shape index (κ3) is 2.06. The Kier molecular flexibility index (Phi) is 2.91. The van der Waals surface area contributed by atoms with Crippen molar-refractivity contribution in [3.63, 3.8) is 0 Å². The van der Waals surface area contributed by atoms with Crippen molar-refractivity contribution in [2.75, 3.05) is 5.73 Å².